The number of ether oxygens (including phenoxy) is 1. The van der Waals surface area contributed by atoms with E-state index in [9.17, 15) is 0 Å². The lowest BCUT2D eigenvalue weighted by atomic mass is 10.1. The van der Waals surface area contributed by atoms with E-state index in [2.05, 4.69) is 14.7 Å². The molecule has 0 atom stereocenters. The third kappa shape index (κ3) is 5.08. The molecule has 2 aliphatic heterocycles. The Morgan fingerprint density at radius 1 is 1.00 bits per heavy atom. The van der Waals surface area contributed by atoms with Crippen molar-refractivity contribution in [1.82, 2.24) is 19.9 Å². The minimum atomic E-state index is 0.214. The topological polar surface area (TPSA) is 77.9 Å². The number of nitrogens with zero attached hydrogens (tertiary/aromatic N) is 6. The average molecular weight is 433 g/mol. The van der Waals surface area contributed by atoms with Crippen LogP contribution in [0.2, 0.25) is 0 Å². The molecule has 2 aromatic rings. The molecule has 0 amide bonds. The summed E-state index contributed by atoms with van der Waals surface area (Å²) in [4.78, 5) is 22.4. The fraction of sp³-hybridized carbons (Fsp3) is 0.667. The van der Waals surface area contributed by atoms with Gasteiger partial charge in [-0.25, -0.2) is 15.0 Å². The zero-order valence-corrected chi connectivity index (χ0v) is 18.6. The second kappa shape index (κ2) is 10.5. The number of hydrogen-bond acceptors (Lipinski definition) is 9. The van der Waals surface area contributed by atoms with E-state index in [0.717, 1.165) is 73.0 Å². The number of hydrogen-bond donors (Lipinski definition) is 1. The van der Waals surface area contributed by atoms with Gasteiger partial charge >= 0.3 is 0 Å². The molecule has 0 spiro atoms. The van der Waals surface area contributed by atoms with E-state index < -0.39 is 0 Å². The number of thiazole rings is 1. The van der Waals surface area contributed by atoms with Crippen LogP contribution in [0.25, 0.3) is 11.4 Å². The van der Waals surface area contributed by atoms with E-state index >= 15 is 0 Å². The molecule has 8 nitrogen and oxygen atoms in total. The molecule has 2 aliphatic rings. The molecule has 0 saturated carbocycles. The molecular weight excluding hydrogens is 400 g/mol. The molecule has 2 aromatic heterocycles. The van der Waals surface area contributed by atoms with Crippen molar-refractivity contribution in [3.8, 4) is 11.4 Å². The molecule has 4 rings (SSSR count). The standard InChI is InChI=1S/C21H32N6O2S/c1-2-29-16-18-20(24-21(30-18)27-6-4-3-5-7-27)17-14-23-19(15-22-17)26-10-8-25(9-11-26)12-13-28/h14-15,28H,2-13,16H2,1H3. The van der Waals surface area contributed by atoms with Crippen LogP contribution in [-0.2, 0) is 11.3 Å². The first-order chi connectivity index (χ1) is 14.8. The lowest BCUT2D eigenvalue weighted by Crippen LogP contribution is -2.47. The molecule has 1 N–H and O–H groups in total. The fourth-order valence-corrected chi connectivity index (χ4v) is 5.06. The predicted octanol–water partition coefficient (Wildman–Crippen LogP) is 2.24. The van der Waals surface area contributed by atoms with Crippen molar-refractivity contribution in [3.63, 3.8) is 0 Å². The van der Waals surface area contributed by atoms with Crippen LogP contribution in [0.1, 0.15) is 31.1 Å². The number of aromatic nitrogens is 3. The van der Waals surface area contributed by atoms with E-state index in [1.165, 1.54) is 19.3 Å². The summed E-state index contributed by atoms with van der Waals surface area (Å²) in [6.45, 7) is 10.1. The quantitative estimate of drug-likeness (QED) is 0.681. The smallest absolute Gasteiger partial charge is 0.186 e. The zero-order chi connectivity index (χ0) is 20.8. The number of anilines is 2. The Morgan fingerprint density at radius 2 is 1.80 bits per heavy atom. The van der Waals surface area contributed by atoms with Crippen LogP contribution in [0.3, 0.4) is 0 Å². The van der Waals surface area contributed by atoms with Crippen LogP contribution in [0, 0.1) is 0 Å². The first kappa shape index (κ1) is 21.4. The van der Waals surface area contributed by atoms with Gasteiger partial charge in [0.05, 0.1) is 30.5 Å². The minimum absolute atomic E-state index is 0.214. The van der Waals surface area contributed by atoms with Crippen molar-refractivity contribution in [3.05, 3.63) is 17.3 Å². The maximum absolute atomic E-state index is 9.11. The van der Waals surface area contributed by atoms with Gasteiger partial charge in [0.1, 0.15) is 17.2 Å². The summed E-state index contributed by atoms with van der Waals surface area (Å²) in [5.41, 5.74) is 1.72. The predicted molar refractivity (Wildman–Crippen MR) is 120 cm³/mol. The highest BCUT2D eigenvalue weighted by atomic mass is 32.1. The highest BCUT2D eigenvalue weighted by molar-refractivity contribution is 7.16. The van der Waals surface area contributed by atoms with Crippen molar-refractivity contribution in [2.24, 2.45) is 0 Å². The molecule has 2 saturated heterocycles. The van der Waals surface area contributed by atoms with Crippen molar-refractivity contribution in [1.29, 1.82) is 0 Å². The molecule has 30 heavy (non-hydrogen) atoms. The van der Waals surface area contributed by atoms with Crippen molar-refractivity contribution < 1.29 is 9.84 Å². The van der Waals surface area contributed by atoms with Crippen molar-refractivity contribution in [2.75, 3.05) is 68.8 Å². The summed E-state index contributed by atoms with van der Waals surface area (Å²) >= 11 is 1.72. The van der Waals surface area contributed by atoms with Crippen LogP contribution in [0.15, 0.2) is 12.4 Å². The first-order valence-electron chi connectivity index (χ1n) is 11.0. The second-order valence-corrected chi connectivity index (χ2v) is 8.83. The van der Waals surface area contributed by atoms with Gasteiger partial charge in [0.25, 0.3) is 0 Å². The fourth-order valence-electron chi connectivity index (χ4n) is 4.00. The van der Waals surface area contributed by atoms with Crippen LogP contribution in [-0.4, -0.2) is 84.0 Å². The van der Waals surface area contributed by atoms with Gasteiger partial charge in [-0.2, -0.15) is 0 Å². The Kier molecular flexibility index (Phi) is 7.48. The first-order valence-corrected chi connectivity index (χ1v) is 11.8. The Hall–Kier alpha value is -1.81. The van der Waals surface area contributed by atoms with E-state index in [4.69, 9.17) is 24.8 Å². The number of β-amino-alcohol motifs (C(OH)–C–C–N with tert-alkyl or cyclic N) is 1. The van der Waals surface area contributed by atoms with Crippen molar-refractivity contribution in [2.45, 2.75) is 32.8 Å². The molecule has 0 bridgehead atoms. The summed E-state index contributed by atoms with van der Waals surface area (Å²) in [6, 6.07) is 0. The molecule has 164 valence electrons. The van der Waals surface area contributed by atoms with Gasteiger partial charge in [0.15, 0.2) is 5.13 Å². The normalized spacial score (nSPS) is 18.2. The Balaban J connectivity index is 1.49. The van der Waals surface area contributed by atoms with Crippen LogP contribution >= 0.6 is 11.3 Å². The van der Waals surface area contributed by atoms with Crippen LogP contribution < -0.4 is 9.80 Å². The summed E-state index contributed by atoms with van der Waals surface area (Å²) in [5, 5.41) is 10.2. The van der Waals surface area contributed by atoms with Crippen molar-refractivity contribution >= 4 is 22.3 Å². The van der Waals surface area contributed by atoms with E-state index in [1.807, 2.05) is 19.3 Å². The van der Waals surface area contributed by atoms with E-state index in [1.54, 1.807) is 11.3 Å². The molecular formula is C21H32N6O2S. The molecule has 0 radical (unpaired) electrons. The molecule has 2 fully saturated rings. The summed E-state index contributed by atoms with van der Waals surface area (Å²) in [5.74, 6) is 0.903. The van der Waals surface area contributed by atoms with Gasteiger partial charge in [0.2, 0.25) is 0 Å². The van der Waals surface area contributed by atoms with Crippen LogP contribution in [0.4, 0.5) is 10.9 Å². The maximum Gasteiger partial charge on any atom is 0.186 e. The van der Waals surface area contributed by atoms with Crippen LogP contribution in [0.5, 0.6) is 0 Å². The largest absolute Gasteiger partial charge is 0.395 e. The van der Waals surface area contributed by atoms with Gasteiger partial charge in [-0.3, -0.25) is 4.90 Å². The van der Waals surface area contributed by atoms with Gasteiger partial charge in [-0.1, -0.05) is 11.3 Å². The zero-order valence-electron chi connectivity index (χ0n) is 17.8. The lowest BCUT2D eigenvalue weighted by Gasteiger charge is -2.34. The van der Waals surface area contributed by atoms with Gasteiger partial charge in [0, 0.05) is 52.4 Å². The minimum Gasteiger partial charge on any atom is -0.395 e. The lowest BCUT2D eigenvalue weighted by molar-refractivity contribution is 0.136. The SMILES string of the molecule is CCOCc1sc(N2CCCCC2)nc1-c1cnc(N2CCN(CCO)CC2)cn1. The third-order valence-corrected chi connectivity index (χ3v) is 6.83. The maximum atomic E-state index is 9.11. The monoisotopic (exact) mass is 432 g/mol. The van der Waals surface area contributed by atoms with Gasteiger partial charge < -0.3 is 19.6 Å². The molecule has 0 aliphatic carbocycles. The summed E-state index contributed by atoms with van der Waals surface area (Å²) < 4.78 is 5.70. The second-order valence-electron chi connectivity index (χ2n) is 7.77. The molecule has 0 unspecified atom stereocenters. The Bertz CT molecular complexity index is 785. The summed E-state index contributed by atoms with van der Waals surface area (Å²) in [7, 11) is 0. The van der Waals surface area contributed by atoms with Gasteiger partial charge in [-0.15, -0.1) is 0 Å². The number of aliphatic hydroxyl groups is 1. The average Bonchev–Trinajstić information content (AvgIpc) is 3.23. The summed E-state index contributed by atoms with van der Waals surface area (Å²) in [6.07, 6.45) is 7.48. The number of piperidine rings is 1. The Labute approximate surface area is 182 Å². The highest BCUT2D eigenvalue weighted by Crippen LogP contribution is 2.34. The molecule has 0 aromatic carbocycles. The highest BCUT2D eigenvalue weighted by Gasteiger charge is 2.22. The van der Waals surface area contributed by atoms with Gasteiger partial charge in [-0.05, 0) is 26.2 Å². The molecule has 9 heteroatoms. The number of piperazine rings is 1. The number of rotatable bonds is 8. The third-order valence-electron chi connectivity index (χ3n) is 5.74. The number of aliphatic hydroxyl groups excluding tert-OH is 1. The molecule has 4 heterocycles. The van der Waals surface area contributed by atoms with E-state index in [0.29, 0.717) is 13.2 Å². The van der Waals surface area contributed by atoms with E-state index in [-0.39, 0.29) is 6.61 Å². The Morgan fingerprint density at radius 3 is 2.47 bits per heavy atom.